The maximum Gasteiger partial charge on any atom is 0.337 e. The molecule has 3 aromatic carbocycles. The van der Waals surface area contributed by atoms with Crippen LogP contribution >= 0.6 is 0 Å². The zero-order valence-corrected chi connectivity index (χ0v) is 17.0. The first-order chi connectivity index (χ1) is 14.8. The zero-order valence-electron chi connectivity index (χ0n) is 17.0. The van der Waals surface area contributed by atoms with E-state index < -0.39 is 11.8 Å². The van der Waals surface area contributed by atoms with Crippen molar-refractivity contribution in [3.63, 3.8) is 0 Å². The van der Waals surface area contributed by atoms with Crippen molar-refractivity contribution >= 4 is 22.6 Å². The van der Waals surface area contributed by atoms with Crippen LogP contribution < -0.4 is 10.7 Å². The Labute approximate surface area is 177 Å². The van der Waals surface area contributed by atoms with Gasteiger partial charge >= 0.3 is 5.97 Å². The molecule has 2 N–H and O–H groups in total. The molecular formula is C25H20FNO4. The average molecular weight is 417 g/mol. The summed E-state index contributed by atoms with van der Waals surface area (Å²) < 4.78 is 20.3. The molecule has 0 aliphatic rings. The molecule has 156 valence electrons. The Balaban J connectivity index is 1.87. The second-order valence-electron chi connectivity index (χ2n) is 7.40. The largest absolute Gasteiger partial charge is 0.478 e. The Morgan fingerprint density at radius 3 is 2.52 bits per heavy atom. The number of carboxylic acid groups (broad SMARTS) is 1. The molecule has 31 heavy (non-hydrogen) atoms. The summed E-state index contributed by atoms with van der Waals surface area (Å²) >= 11 is 0. The molecule has 1 heterocycles. The van der Waals surface area contributed by atoms with Gasteiger partial charge in [0, 0.05) is 17.3 Å². The zero-order chi connectivity index (χ0) is 22.1. The molecule has 1 aromatic heterocycles. The van der Waals surface area contributed by atoms with Crippen LogP contribution in [0.15, 0.2) is 75.9 Å². The van der Waals surface area contributed by atoms with Gasteiger partial charge in [0.25, 0.3) is 0 Å². The predicted molar refractivity (Wildman–Crippen MR) is 118 cm³/mol. The fourth-order valence-corrected chi connectivity index (χ4v) is 3.66. The number of carboxylic acids is 1. The SMILES string of the molecule is Cc1cc(C(C)Nc2ccccc2C(=O)O)c2oc(-c3ccccc3F)cc(=O)c2c1. The van der Waals surface area contributed by atoms with Gasteiger partial charge in [-0.25, -0.2) is 9.18 Å². The van der Waals surface area contributed by atoms with Crippen molar-refractivity contribution in [2.75, 3.05) is 5.32 Å². The van der Waals surface area contributed by atoms with Crippen molar-refractivity contribution in [3.8, 4) is 11.3 Å². The number of carbonyl (C=O) groups is 1. The van der Waals surface area contributed by atoms with Crippen LogP contribution in [0.3, 0.4) is 0 Å². The second-order valence-corrected chi connectivity index (χ2v) is 7.40. The molecule has 0 saturated carbocycles. The van der Waals surface area contributed by atoms with Gasteiger partial charge in [-0.15, -0.1) is 0 Å². The number of fused-ring (bicyclic) bond motifs is 1. The monoisotopic (exact) mass is 417 g/mol. The number of aromatic carboxylic acids is 1. The summed E-state index contributed by atoms with van der Waals surface area (Å²) in [6.07, 6.45) is 0. The molecule has 0 saturated heterocycles. The van der Waals surface area contributed by atoms with E-state index in [1.807, 2.05) is 19.9 Å². The number of halogens is 1. The summed E-state index contributed by atoms with van der Waals surface area (Å²) in [5.74, 6) is -1.39. The van der Waals surface area contributed by atoms with E-state index in [0.29, 0.717) is 22.2 Å². The summed E-state index contributed by atoms with van der Waals surface area (Å²) in [6.45, 7) is 3.72. The van der Waals surface area contributed by atoms with Crippen LogP contribution in [0.5, 0.6) is 0 Å². The normalized spacial score (nSPS) is 12.0. The molecule has 6 heteroatoms. The summed E-state index contributed by atoms with van der Waals surface area (Å²) in [5.41, 5.74) is 2.38. The lowest BCUT2D eigenvalue weighted by atomic mass is 10.00. The molecule has 0 radical (unpaired) electrons. The van der Waals surface area contributed by atoms with Gasteiger partial charge in [0.05, 0.1) is 22.6 Å². The molecule has 0 aliphatic carbocycles. The van der Waals surface area contributed by atoms with Gasteiger partial charge in [-0.2, -0.15) is 0 Å². The molecule has 0 aliphatic heterocycles. The van der Waals surface area contributed by atoms with Crippen LogP contribution in [0.4, 0.5) is 10.1 Å². The van der Waals surface area contributed by atoms with Crippen molar-refractivity contribution in [1.29, 1.82) is 0 Å². The quantitative estimate of drug-likeness (QED) is 0.430. The van der Waals surface area contributed by atoms with Gasteiger partial charge in [0.1, 0.15) is 17.2 Å². The summed E-state index contributed by atoms with van der Waals surface area (Å²) in [7, 11) is 0. The molecule has 1 unspecified atom stereocenters. The van der Waals surface area contributed by atoms with Crippen molar-refractivity contribution in [2.24, 2.45) is 0 Å². The lowest BCUT2D eigenvalue weighted by Crippen LogP contribution is -2.12. The van der Waals surface area contributed by atoms with Crippen LogP contribution in [0.2, 0.25) is 0 Å². The predicted octanol–water partition coefficient (Wildman–Crippen LogP) is 5.78. The fourth-order valence-electron chi connectivity index (χ4n) is 3.66. The van der Waals surface area contributed by atoms with Crippen molar-refractivity contribution in [3.05, 3.63) is 99.5 Å². The summed E-state index contributed by atoms with van der Waals surface area (Å²) in [4.78, 5) is 24.4. The summed E-state index contributed by atoms with van der Waals surface area (Å²) in [5, 5.41) is 13.0. The van der Waals surface area contributed by atoms with Crippen molar-refractivity contribution in [1.82, 2.24) is 0 Å². The number of nitrogens with one attached hydrogen (secondary N) is 1. The molecule has 1 atom stereocenters. The van der Waals surface area contributed by atoms with E-state index in [2.05, 4.69) is 5.32 Å². The molecule has 5 nitrogen and oxygen atoms in total. The van der Waals surface area contributed by atoms with Crippen LogP contribution in [-0.4, -0.2) is 11.1 Å². The third-order valence-corrected chi connectivity index (χ3v) is 5.14. The molecule has 0 amide bonds. The molecule has 0 bridgehead atoms. The topological polar surface area (TPSA) is 79.5 Å². The Bertz CT molecular complexity index is 1360. The van der Waals surface area contributed by atoms with Crippen molar-refractivity contribution in [2.45, 2.75) is 19.9 Å². The maximum absolute atomic E-state index is 14.3. The van der Waals surface area contributed by atoms with E-state index in [-0.39, 0.29) is 28.4 Å². The molecule has 0 spiro atoms. The maximum atomic E-state index is 14.3. The first-order valence-corrected chi connectivity index (χ1v) is 9.77. The second kappa shape index (κ2) is 8.07. The van der Waals surface area contributed by atoms with Crippen LogP contribution in [0, 0.1) is 12.7 Å². The lowest BCUT2D eigenvalue weighted by molar-refractivity contribution is 0.0698. The highest BCUT2D eigenvalue weighted by Gasteiger charge is 2.19. The summed E-state index contributed by atoms with van der Waals surface area (Å²) in [6, 6.07) is 17.2. The van der Waals surface area contributed by atoms with Gasteiger partial charge in [0.15, 0.2) is 5.43 Å². The first-order valence-electron chi connectivity index (χ1n) is 9.77. The van der Waals surface area contributed by atoms with E-state index in [0.717, 1.165) is 5.56 Å². The van der Waals surface area contributed by atoms with Crippen molar-refractivity contribution < 1.29 is 18.7 Å². The Morgan fingerprint density at radius 1 is 1.06 bits per heavy atom. The van der Waals surface area contributed by atoms with E-state index >= 15 is 0 Å². The molecule has 4 aromatic rings. The van der Waals surface area contributed by atoms with Crippen LogP contribution in [0.1, 0.15) is 34.5 Å². The highest BCUT2D eigenvalue weighted by atomic mass is 19.1. The Morgan fingerprint density at radius 2 is 1.77 bits per heavy atom. The van der Waals surface area contributed by atoms with Gasteiger partial charge in [-0.05, 0) is 49.7 Å². The third kappa shape index (κ3) is 3.92. The minimum Gasteiger partial charge on any atom is -0.478 e. The Kier molecular flexibility index (Phi) is 5.29. The number of benzene rings is 3. The molecule has 0 fully saturated rings. The molecule has 4 rings (SSSR count). The van der Waals surface area contributed by atoms with E-state index in [9.17, 15) is 19.1 Å². The molecular weight excluding hydrogens is 397 g/mol. The van der Waals surface area contributed by atoms with Gasteiger partial charge in [0.2, 0.25) is 0 Å². The number of anilines is 1. The van der Waals surface area contributed by atoms with Gasteiger partial charge < -0.3 is 14.8 Å². The average Bonchev–Trinajstić information content (AvgIpc) is 2.74. The minimum atomic E-state index is -1.04. The highest BCUT2D eigenvalue weighted by Crippen LogP contribution is 2.31. The Hall–Kier alpha value is -3.93. The van der Waals surface area contributed by atoms with E-state index in [1.165, 1.54) is 18.2 Å². The van der Waals surface area contributed by atoms with Gasteiger partial charge in [-0.1, -0.05) is 30.3 Å². The number of rotatable bonds is 5. The van der Waals surface area contributed by atoms with Crippen LogP contribution in [0.25, 0.3) is 22.3 Å². The number of hydrogen-bond donors (Lipinski definition) is 2. The first kappa shape index (κ1) is 20.3. The third-order valence-electron chi connectivity index (χ3n) is 5.14. The fraction of sp³-hybridized carbons (Fsp3) is 0.120. The minimum absolute atomic E-state index is 0.138. The van der Waals surface area contributed by atoms with Crippen LogP contribution in [-0.2, 0) is 0 Å². The standard InChI is InChI=1S/C25H20FNO4/c1-14-11-18(15(2)27-21-10-6-4-8-17(21)25(29)30)24-19(12-14)22(28)13-23(31-24)16-7-3-5-9-20(16)26/h3-13,15,27H,1-2H3,(H,29,30). The van der Waals surface area contributed by atoms with E-state index in [1.54, 1.807) is 42.5 Å². The van der Waals surface area contributed by atoms with E-state index in [4.69, 9.17) is 4.42 Å². The smallest absolute Gasteiger partial charge is 0.337 e. The highest BCUT2D eigenvalue weighted by molar-refractivity contribution is 5.94. The number of aryl methyl sites for hydroxylation is 1. The number of para-hydroxylation sites is 1. The number of hydrogen-bond acceptors (Lipinski definition) is 4. The lowest BCUT2D eigenvalue weighted by Gasteiger charge is -2.19. The van der Waals surface area contributed by atoms with Gasteiger partial charge in [-0.3, -0.25) is 4.79 Å².